The molecule has 0 rings (SSSR count). The first-order chi connectivity index (χ1) is 5.57. The topological polar surface area (TPSA) is 52.3 Å². The third-order valence-electron chi connectivity index (χ3n) is 1.51. The molecule has 0 radical (unpaired) electrons. The van der Waals surface area contributed by atoms with Gasteiger partial charge in [0.1, 0.15) is 6.10 Å². The maximum atomic E-state index is 10.6. The summed E-state index contributed by atoms with van der Waals surface area (Å²) in [5.41, 5.74) is 5.64. The zero-order valence-electron chi connectivity index (χ0n) is 7.87. The van der Waals surface area contributed by atoms with E-state index < -0.39 is 0 Å². The Kier molecular flexibility index (Phi) is 6.20. The van der Waals surface area contributed by atoms with E-state index in [1.165, 1.54) is 6.92 Å². The molecule has 4 heteroatoms. The summed E-state index contributed by atoms with van der Waals surface area (Å²) in [4.78, 5) is 10.6. The Morgan fingerprint density at radius 2 is 2.25 bits per heavy atom. The van der Waals surface area contributed by atoms with Crippen LogP contribution in [0.15, 0.2) is 0 Å². The number of ether oxygens (including phenoxy) is 1. The summed E-state index contributed by atoms with van der Waals surface area (Å²) >= 11 is 1.73. The van der Waals surface area contributed by atoms with E-state index in [4.69, 9.17) is 10.5 Å². The number of nitrogens with two attached hydrogens (primary N) is 1. The van der Waals surface area contributed by atoms with Gasteiger partial charge in [0.05, 0.1) is 0 Å². The van der Waals surface area contributed by atoms with Gasteiger partial charge in [0.15, 0.2) is 0 Å². The smallest absolute Gasteiger partial charge is 0.302 e. The molecule has 72 valence electrons. The average Bonchev–Trinajstić information content (AvgIpc) is 1.96. The second-order valence-corrected chi connectivity index (χ2v) is 3.77. The van der Waals surface area contributed by atoms with Crippen LogP contribution < -0.4 is 5.73 Å². The minimum atomic E-state index is -0.251. The molecule has 2 N–H and O–H groups in total. The quantitative estimate of drug-likeness (QED) is 0.659. The molecular formula is C8H17NO2S. The molecule has 0 aliphatic carbocycles. The summed E-state index contributed by atoms with van der Waals surface area (Å²) in [6.45, 7) is 3.27. The summed E-state index contributed by atoms with van der Waals surface area (Å²) in [7, 11) is 0. The number of hydrogen-bond acceptors (Lipinski definition) is 4. The van der Waals surface area contributed by atoms with Gasteiger partial charge in [-0.15, -0.1) is 0 Å². The Morgan fingerprint density at radius 3 is 2.58 bits per heavy atom. The van der Waals surface area contributed by atoms with Crippen molar-refractivity contribution in [1.82, 2.24) is 0 Å². The number of rotatable bonds is 5. The van der Waals surface area contributed by atoms with Crippen molar-refractivity contribution in [2.24, 2.45) is 5.73 Å². The largest absolute Gasteiger partial charge is 0.461 e. The summed E-state index contributed by atoms with van der Waals surface area (Å²) in [6.07, 6.45) is 2.72. The van der Waals surface area contributed by atoms with Crippen LogP contribution in [0.3, 0.4) is 0 Å². The van der Waals surface area contributed by atoms with E-state index in [-0.39, 0.29) is 18.1 Å². The van der Waals surface area contributed by atoms with Gasteiger partial charge in [0.25, 0.3) is 0 Å². The Hall–Kier alpha value is -0.220. The van der Waals surface area contributed by atoms with E-state index in [9.17, 15) is 4.79 Å². The van der Waals surface area contributed by atoms with E-state index in [0.29, 0.717) is 0 Å². The molecule has 0 spiro atoms. The molecule has 2 unspecified atom stereocenters. The molecule has 0 saturated heterocycles. The fraction of sp³-hybridized carbons (Fsp3) is 0.875. The summed E-state index contributed by atoms with van der Waals surface area (Å²) in [5, 5.41) is 0. The van der Waals surface area contributed by atoms with Crippen molar-refractivity contribution in [1.29, 1.82) is 0 Å². The molecule has 0 fully saturated rings. The standard InChI is InChI=1S/C8H17NO2S/c1-6(9)8(4-5-12-3)11-7(2)10/h6,8H,4-5,9H2,1-3H3. The highest BCUT2D eigenvalue weighted by Crippen LogP contribution is 2.07. The Balaban J connectivity index is 3.78. The fourth-order valence-electron chi connectivity index (χ4n) is 0.876. The van der Waals surface area contributed by atoms with Crippen molar-refractivity contribution < 1.29 is 9.53 Å². The number of thioether (sulfide) groups is 1. The van der Waals surface area contributed by atoms with Crippen LogP contribution in [0.1, 0.15) is 20.3 Å². The minimum absolute atomic E-state index is 0.0824. The third-order valence-corrected chi connectivity index (χ3v) is 2.15. The van der Waals surface area contributed by atoms with Gasteiger partial charge >= 0.3 is 5.97 Å². The van der Waals surface area contributed by atoms with E-state index in [2.05, 4.69) is 0 Å². The van der Waals surface area contributed by atoms with Crippen molar-refractivity contribution in [2.75, 3.05) is 12.0 Å². The lowest BCUT2D eigenvalue weighted by molar-refractivity contribution is -0.147. The van der Waals surface area contributed by atoms with Gasteiger partial charge in [-0.2, -0.15) is 11.8 Å². The SMILES string of the molecule is CSCCC(OC(C)=O)C(C)N. The molecule has 0 aliphatic rings. The molecule has 0 saturated carbocycles. The van der Waals surface area contributed by atoms with Gasteiger partial charge in [-0.05, 0) is 25.4 Å². The highest BCUT2D eigenvalue weighted by atomic mass is 32.2. The Labute approximate surface area is 78.0 Å². The van der Waals surface area contributed by atoms with Crippen LogP contribution in [-0.4, -0.2) is 30.1 Å². The van der Waals surface area contributed by atoms with Crippen LogP contribution in [0.5, 0.6) is 0 Å². The van der Waals surface area contributed by atoms with Crippen LogP contribution >= 0.6 is 11.8 Å². The van der Waals surface area contributed by atoms with Gasteiger partial charge < -0.3 is 10.5 Å². The maximum Gasteiger partial charge on any atom is 0.302 e. The molecule has 0 amide bonds. The summed E-state index contributed by atoms with van der Waals surface area (Å²) in [5.74, 6) is 0.720. The van der Waals surface area contributed by atoms with Gasteiger partial charge in [-0.1, -0.05) is 0 Å². The predicted octanol–water partition coefficient (Wildman–Crippen LogP) is 1.02. The zero-order chi connectivity index (χ0) is 9.56. The van der Waals surface area contributed by atoms with Crippen molar-refractivity contribution in [3.05, 3.63) is 0 Å². The number of esters is 1. The van der Waals surface area contributed by atoms with Crippen LogP contribution in [0.2, 0.25) is 0 Å². The van der Waals surface area contributed by atoms with Crippen LogP contribution in [-0.2, 0) is 9.53 Å². The normalized spacial score (nSPS) is 15.3. The summed E-state index contributed by atoms with van der Waals surface area (Å²) < 4.78 is 5.04. The second-order valence-electron chi connectivity index (χ2n) is 2.79. The van der Waals surface area contributed by atoms with Crippen molar-refractivity contribution in [2.45, 2.75) is 32.4 Å². The van der Waals surface area contributed by atoms with Crippen molar-refractivity contribution >= 4 is 17.7 Å². The molecule has 0 aromatic carbocycles. The van der Waals surface area contributed by atoms with Gasteiger partial charge in [-0.25, -0.2) is 0 Å². The van der Waals surface area contributed by atoms with E-state index in [0.717, 1.165) is 12.2 Å². The van der Waals surface area contributed by atoms with Crippen LogP contribution in [0.4, 0.5) is 0 Å². The molecule has 2 atom stereocenters. The zero-order valence-corrected chi connectivity index (χ0v) is 8.69. The second kappa shape index (κ2) is 6.31. The number of hydrogen-bond donors (Lipinski definition) is 1. The number of carbonyl (C=O) groups is 1. The molecular weight excluding hydrogens is 174 g/mol. The van der Waals surface area contributed by atoms with Crippen LogP contribution in [0.25, 0.3) is 0 Å². The molecule has 3 nitrogen and oxygen atoms in total. The highest BCUT2D eigenvalue weighted by Gasteiger charge is 2.15. The first-order valence-corrected chi connectivity index (χ1v) is 5.39. The number of carbonyl (C=O) groups excluding carboxylic acids is 1. The van der Waals surface area contributed by atoms with E-state index in [1.807, 2.05) is 13.2 Å². The highest BCUT2D eigenvalue weighted by molar-refractivity contribution is 7.98. The van der Waals surface area contributed by atoms with Gasteiger partial charge in [-0.3, -0.25) is 4.79 Å². The molecule has 0 aromatic rings. The average molecular weight is 191 g/mol. The molecule has 0 aliphatic heterocycles. The molecule has 0 aromatic heterocycles. The lowest BCUT2D eigenvalue weighted by atomic mass is 10.1. The first-order valence-electron chi connectivity index (χ1n) is 3.99. The molecule has 0 heterocycles. The van der Waals surface area contributed by atoms with Gasteiger partial charge in [0, 0.05) is 13.0 Å². The Bertz CT molecular complexity index is 139. The monoisotopic (exact) mass is 191 g/mol. The summed E-state index contributed by atoms with van der Waals surface area (Å²) in [6, 6.07) is -0.0824. The fourth-order valence-corrected chi connectivity index (χ4v) is 1.34. The Morgan fingerprint density at radius 1 is 1.67 bits per heavy atom. The van der Waals surface area contributed by atoms with E-state index >= 15 is 0 Å². The third kappa shape index (κ3) is 5.43. The maximum absolute atomic E-state index is 10.6. The lowest BCUT2D eigenvalue weighted by Gasteiger charge is -2.19. The van der Waals surface area contributed by atoms with Crippen LogP contribution in [0, 0.1) is 0 Å². The molecule has 12 heavy (non-hydrogen) atoms. The minimum Gasteiger partial charge on any atom is -0.461 e. The first kappa shape index (κ1) is 11.8. The van der Waals surface area contributed by atoms with Crippen molar-refractivity contribution in [3.8, 4) is 0 Å². The van der Waals surface area contributed by atoms with E-state index in [1.54, 1.807) is 11.8 Å². The predicted molar refractivity (Wildman–Crippen MR) is 52.2 cm³/mol. The molecule has 0 bridgehead atoms. The van der Waals surface area contributed by atoms with Gasteiger partial charge in [0.2, 0.25) is 0 Å². The van der Waals surface area contributed by atoms with Crippen molar-refractivity contribution in [3.63, 3.8) is 0 Å². The lowest BCUT2D eigenvalue weighted by Crippen LogP contribution is -2.35.